The number of ether oxygens (including phenoxy) is 1. The second kappa shape index (κ2) is 7.98. The van der Waals surface area contributed by atoms with Crippen LogP contribution in [0.15, 0.2) is 66.2 Å². The summed E-state index contributed by atoms with van der Waals surface area (Å²) in [6.45, 7) is 5.19. The number of rotatable bonds is 6. The molecule has 2 aromatic carbocycles. The number of nitrogens with zero attached hydrogens (tertiary/aromatic N) is 1. The first kappa shape index (κ1) is 16.5. The molecular weight excluding hydrogens is 318 g/mol. The molecule has 1 aliphatic rings. The van der Waals surface area contributed by atoms with Crippen molar-refractivity contribution in [2.24, 2.45) is 4.99 Å². The molecule has 1 heterocycles. The van der Waals surface area contributed by atoms with Crippen LogP contribution in [-0.4, -0.2) is 18.9 Å². The van der Waals surface area contributed by atoms with Gasteiger partial charge in [-0.2, -0.15) is 0 Å². The molecule has 0 aliphatic carbocycles. The van der Waals surface area contributed by atoms with E-state index in [9.17, 15) is 0 Å². The van der Waals surface area contributed by atoms with E-state index in [0.717, 1.165) is 41.4 Å². The molecule has 0 saturated carbocycles. The third kappa shape index (κ3) is 4.15. The van der Waals surface area contributed by atoms with Crippen LogP contribution >= 0.6 is 11.6 Å². The van der Waals surface area contributed by atoms with E-state index in [-0.39, 0.29) is 0 Å². The highest BCUT2D eigenvalue weighted by molar-refractivity contribution is 6.30. The van der Waals surface area contributed by atoms with E-state index in [1.54, 1.807) is 0 Å². The highest BCUT2D eigenvalue weighted by Crippen LogP contribution is 2.23. The minimum Gasteiger partial charge on any atom is -0.493 e. The van der Waals surface area contributed by atoms with Gasteiger partial charge >= 0.3 is 0 Å². The van der Waals surface area contributed by atoms with Crippen LogP contribution in [0.5, 0.6) is 5.75 Å². The Hall–Kier alpha value is -2.32. The average molecular weight is 338 g/mol. The largest absolute Gasteiger partial charge is 0.493 e. The van der Waals surface area contributed by atoms with Crippen molar-refractivity contribution in [3.63, 3.8) is 0 Å². The maximum absolute atomic E-state index is 5.92. The van der Waals surface area contributed by atoms with Gasteiger partial charge in [0.1, 0.15) is 5.75 Å². The second-order valence-electron chi connectivity index (χ2n) is 5.65. The maximum atomic E-state index is 5.92. The Bertz CT molecular complexity index is 775. The van der Waals surface area contributed by atoms with Crippen molar-refractivity contribution in [2.45, 2.75) is 12.8 Å². The van der Waals surface area contributed by atoms with E-state index < -0.39 is 0 Å². The molecule has 0 fully saturated rings. The highest BCUT2D eigenvalue weighted by atomic mass is 35.5. The van der Waals surface area contributed by atoms with Gasteiger partial charge in [-0.25, -0.2) is 0 Å². The summed E-state index contributed by atoms with van der Waals surface area (Å²) in [6.07, 6.45) is 7.81. The van der Waals surface area contributed by atoms with Crippen molar-refractivity contribution in [2.75, 3.05) is 13.2 Å². The summed E-state index contributed by atoms with van der Waals surface area (Å²) in [7, 11) is 0. The molecule has 2 aromatic rings. The molecule has 0 aromatic heterocycles. The molecule has 2 nitrogen and oxygen atoms in total. The normalized spacial score (nSPS) is 13.5. The minimum absolute atomic E-state index is 0.666. The number of halogens is 1. The van der Waals surface area contributed by atoms with E-state index in [1.165, 1.54) is 11.1 Å². The first-order chi connectivity index (χ1) is 11.8. The second-order valence-corrected chi connectivity index (χ2v) is 6.08. The van der Waals surface area contributed by atoms with Gasteiger partial charge < -0.3 is 4.74 Å². The van der Waals surface area contributed by atoms with Crippen LogP contribution in [0.1, 0.15) is 23.1 Å². The lowest BCUT2D eigenvalue weighted by Gasteiger charge is -2.16. The molecule has 3 rings (SSSR count). The Morgan fingerprint density at radius 3 is 2.75 bits per heavy atom. The molecular formula is C21H20ClNO. The molecule has 0 N–H and O–H groups in total. The van der Waals surface area contributed by atoms with Crippen molar-refractivity contribution in [3.8, 4) is 5.75 Å². The van der Waals surface area contributed by atoms with Gasteiger partial charge in [0.25, 0.3) is 0 Å². The zero-order chi connectivity index (χ0) is 16.8. The molecule has 0 radical (unpaired) electrons. The van der Waals surface area contributed by atoms with Crippen LogP contribution in [0.3, 0.4) is 0 Å². The summed E-state index contributed by atoms with van der Waals surface area (Å²) in [4.78, 5) is 4.66. The standard InChI is InChI=1S/C21H20ClNO/c1-2-3-14-24-19-9-10-20-17(15-19)12-13-23-21(20)11-6-16-4-7-18(22)8-5-16/h2,4-11,15H,1,3,12-14H2. The van der Waals surface area contributed by atoms with Crippen molar-refractivity contribution in [3.05, 3.63) is 82.9 Å². The van der Waals surface area contributed by atoms with E-state index in [2.05, 4.69) is 35.9 Å². The summed E-state index contributed by atoms with van der Waals surface area (Å²) in [5, 5.41) is 0.747. The van der Waals surface area contributed by atoms with E-state index in [4.69, 9.17) is 16.3 Å². The fraction of sp³-hybridized carbons (Fsp3) is 0.190. The lowest BCUT2D eigenvalue weighted by atomic mass is 9.96. The smallest absolute Gasteiger partial charge is 0.119 e. The average Bonchev–Trinajstić information content (AvgIpc) is 2.61. The van der Waals surface area contributed by atoms with Crippen molar-refractivity contribution < 1.29 is 4.74 Å². The Morgan fingerprint density at radius 2 is 1.96 bits per heavy atom. The molecule has 0 amide bonds. The monoisotopic (exact) mass is 337 g/mol. The van der Waals surface area contributed by atoms with Gasteiger partial charge in [0.15, 0.2) is 0 Å². The van der Waals surface area contributed by atoms with Gasteiger partial charge in [-0.1, -0.05) is 35.9 Å². The Morgan fingerprint density at radius 1 is 1.12 bits per heavy atom. The SMILES string of the molecule is C=CCCOc1ccc2c(c1)CCN=C2C=Cc1ccc(Cl)cc1. The predicted molar refractivity (Wildman–Crippen MR) is 102 cm³/mol. The van der Waals surface area contributed by atoms with Crippen LogP contribution in [0.4, 0.5) is 0 Å². The predicted octanol–water partition coefficient (Wildman–Crippen LogP) is 5.35. The summed E-state index contributed by atoms with van der Waals surface area (Å²) in [5.41, 5.74) is 4.60. The van der Waals surface area contributed by atoms with Gasteiger partial charge in [0.2, 0.25) is 0 Å². The van der Waals surface area contributed by atoms with Crippen LogP contribution < -0.4 is 4.74 Å². The third-order valence-electron chi connectivity index (χ3n) is 3.91. The zero-order valence-electron chi connectivity index (χ0n) is 13.5. The maximum Gasteiger partial charge on any atom is 0.119 e. The van der Waals surface area contributed by atoms with Gasteiger partial charge in [0.05, 0.1) is 12.3 Å². The number of hydrogen-bond acceptors (Lipinski definition) is 2. The van der Waals surface area contributed by atoms with Gasteiger partial charge in [-0.15, -0.1) is 6.58 Å². The van der Waals surface area contributed by atoms with Crippen molar-refractivity contribution in [1.29, 1.82) is 0 Å². The van der Waals surface area contributed by atoms with Crippen LogP contribution in [0.25, 0.3) is 6.08 Å². The lowest BCUT2D eigenvalue weighted by molar-refractivity contribution is 0.324. The van der Waals surface area contributed by atoms with E-state index >= 15 is 0 Å². The van der Waals surface area contributed by atoms with Crippen molar-refractivity contribution in [1.82, 2.24) is 0 Å². The number of hydrogen-bond donors (Lipinski definition) is 0. The van der Waals surface area contributed by atoms with Gasteiger partial charge in [-0.05, 0) is 60.4 Å². The first-order valence-electron chi connectivity index (χ1n) is 8.11. The Balaban J connectivity index is 1.76. The molecule has 0 saturated heterocycles. The number of benzene rings is 2. The molecule has 1 aliphatic heterocycles. The minimum atomic E-state index is 0.666. The van der Waals surface area contributed by atoms with E-state index in [1.807, 2.05) is 36.4 Å². The molecule has 0 atom stereocenters. The molecule has 0 unspecified atom stereocenters. The van der Waals surface area contributed by atoms with Gasteiger partial charge in [0, 0.05) is 17.1 Å². The molecule has 0 spiro atoms. The third-order valence-corrected chi connectivity index (χ3v) is 4.16. The number of allylic oxidation sites excluding steroid dienone is 1. The van der Waals surface area contributed by atoms with Crippen molar-refractivity contribution >= 4 is 23.4 Å². The lowest BCUT2D eigenvalue weighted by Crippen LogP contribution is -2.11. The quantitative estimate of drug-likeness (QED) is 0.514. The fourth-order valence-corrected chi connectivity index (χ4v) is 2.78. The number of aliphatic imine (C=N–C) groups is 1. The summed E-state index contributed by atoms with van der Waals surface area (Å²) in [5.74, 6) is 0.915. The van der Waals surface area contributed by atoms with E-state index in [0.29, 0.717) is 6.61 Å². The van der Waals surface area contributed by atoms with Gasteiger partial charge in [-0.3, -0.25) is 4.99 Å². The fourth-order valence-electron chi connectivity index (χ4n) is 2.65. The topological polar surface area (TPSA) is 21.6 Å². The summed E-state index contributed by atoms with van der Waals surface area (Å²) >= 11 is 5.92. The Kier molecular flexibility index (Phi) is 5.50. The molecule has 122 valence electrons. The number of fused-ring (bicyclic) bond motifs is 1. The van der Waals surface area contributed by atoms with Crippen LogP contribution in [0.2, 0.25) is 5.02 Å². The first-order valence-corrected chi connectivity index (χ1v) is 8.49. The Labute approximate surface area is 148 Å². The molecule has 24 heavy (non-hydrogen) atoms. The summed E-state index contributed by atoms with van der Waals surface area (Å²) < 4.78 is 5.75. The summed E-state index contributed by atoms with van der Waals surface area (Å²) in [6, 6.07) is 14.0. The molecule has 0 bridgehead atoms. The zero-order valence-corrected chi connectivity index (χ0v) is 14.3. The molecule has 3 heteroatoms. The highest BCUT2D eigenvalue weighted by Gasteiger charge is 2.13. The van der Waals surface area contributed by atoms with Crippen LogP contribution in [0, 0.1) is 0 Å². The van der Waals surface area contributed by atoms with Crippen LogP contribution in [-0.2, 0) is 6.42 Å².